The number of nitrogens with one attached hydrogen (secondary N) is 1. The van der Waals surface area contributed by atoms with E-state index in [0.717, 1.165) is 56.1 Å². The van der Waals surface area contributed by atoms with Crippen LogP contribution in [0.25, 0.3) is 0 Å². The minimum Gasteiger partial charge on any atom is -0.357 e. The topological polar surface area (TPSA) is 90.8 Å². The summed E-state index contributed by atoms with van der Waals surface area (Å²) in [5.41, 5.74) is 0. The molecule has 0 unspecified atom stereocenters. The average Bonchev–Trinajstić information content (AvgIpc) is 3.06. The van der Waals surface area contributed by atoms with Gasteiger partial charge in [0.15, 0.2) is 5.96 Å². The minimum atomic E-state index is -2.92. The van der Waals surface area contributed by atoms with Gasteiger partial charge in [-0.25, -0.2) is 13.4 Å². The lowest BCUT2D eigenvalue weighted by Crippen LogP contribution is -2.52. The van der Waals surface area contributed by atoms with Crippen LogP contribution in [0, 0.1) is 0 Å². The highest BCUT2D eigenvalue weighted by molar-refractivity contribution is 14.0. The maximum absolute atomic E-state index is 11.2. The molecule has 1 aliphatic rings. The molecule has 0 radical (unpaired) electrons. The summed E-state index contributed by atoms with van der Waals surface area (Å²) in [6, 6.07) is 0. The van der Waals surface area contributed by atoms with E-state index in [1.54, 1.807) is 0 Å². The Bertz CT molecular complexity index is 671. The van der Waals surface area contributed by atoms with Crippen LogP contribution in [0.2, 0.25) is 0 Å². The molecule has 0 atom stereocenters. The number of guanidine groups is 1. The average molecular weight is 516 g/mol. The lowest BCUT2D eigenvalue weighted by molar-refractivity contribution is 0.372. The highest BCUT2D eigenvalue weighted by atomic mass is 127. The predicted molar refractivity (Wildman–Crippen MR) is 119 cm³/mol. The number of sulfone groups is 1. The molecule has 26 heavy (non-hydrogen) atoms. The fourth-order valence-electron chi connectivity index (χ4n) is 2.56. The number of halogens is 1. The van der Waals surface area contributed by atoms with Gasteiger partial charge in [-0.1, -0.05) is 6.92 Å². The van der Waals surface area contributed by atoms with Crippen LogP contribution >= 0.6 is 35.5 Å². The third-order valence-electron chi connectivity index (χ3n) is 3.89. The Labute approximate surface area is 177 Å². The van der Waals surface area contributed by atoms with Crippen LogP contribution in [0.5, 0.6) is 0 Å². The maximum Gasteiger partial charge on any atom is 0.205 e. The number of rotatable bonds is 7. The molecule has 8 nitrogen and oxygen atoms in total. The Kier molecular flexibility index (Phi) is 10.1. The zero-order valence-corrected chi connectivity index (χ0v) is 19.6. The molecule has 150 valence electrons. The van der Waals surface area contributed by atoms with Gasteiger partial charge in [0, 0.05) is 63.5 Å². The Morgan fingerprint density at radius 2 is 1.96 bits per heavy atom. The standard InChI is InChI=1S/C15H28N6O2S2.HI/c1-4-13-18-15(24-19-13)21-10-8-20(9-11-21)14(16-5-2)17-7-6-12-25(3,22)23;/h4-12H2,1-3H3,(H,16,17);1H. The van der Waals surface area contributed by atoms with Crippen molar-refractivity contribution in [3.8, 4) is 0 Å². The second-order valence-electron chi connectivity index (χ2n) is 6.04. The fourth-order valence-corrected chi connectivity index (χ4v) is 4.02. The van der Waals surface area contributed by atoms with Crippen LogP contribution in [0.4, 0.5) is 5.13 Å². The first-order chi connectivity index (χ1) is 11.9. The number of aromatic nitrogens is 2. The van der Waals surface area contributed by atoms with Gasteiger partial charge in [-0.15, -0.1) is 24.0 Å². The molecule has 1 N–H and O–H groups in total. The van der Waals surface area contributed by atoms with E-state index in [-0.39, 0.29) is 29.7 Å². The third-order valence-corrected chi connectivity index (χ3v) is 5.74. The summed E-state index contributed by atoms with van der Waals surface area (Å²) >= 11 is 1.46. The highest BCUT2D eigenvalue weighted by Gasteiger charge is 2.21. The van der Waals surface area contributed by atoms with E-state index in [1.165, 1.54) is 17.8 Å². The van der Waals surface area contributed by atoms with Crippen molar-refractivity contribution in [3.63, 3.8) is 0 Å². The molecule has 0 spiro atoms. The van der Waals surface area contributed by atoms with E-state index in [2.05, 4.69) is 36.4 Å². The molecule has 0 bridgehead atoms. The largest absolute Gasteiger partial charge is 0.357 e. The minimum absolute atomic E-state index is 0. The van der Waals surface area contributed by atoms with Gasteiger partial charge in [0.25, 0.3) is 0 Å². The second-order valence-corrected chi connectivity index (χ2v) is 9.03. The normalized spacial score (nSPS) is 15.7. The van der Waals surface area contributed by atoms with E-state index < -0.39 is 9.84 Å². The third kappa shape index (κ3) is 7.51. The number of hydrogen-bond acceptors (Lipinski definition) is 7. The van der Waals surface area contributed by atoms with Crippen molar-refractivity contribution in [2.45, 2.75) is 26.7 Å². The summed E-state index contributed by atoms with van der Waals surface area (Å²) < 4.78 is 26.8. The van der Waals surface area contributed by atoms with Crippen molar-refractivity contribution in [1.82, 2.24) is 19.6 Å². The highest BCUT2D eigenvalue weighted by Crippen LogP contribution is 2.19. The first-order valence-electron chi connectivity index (χ1n) is 8.71. The molecule has 1 aromatic rings. The van der Waals surface area contributed by atoms with Crippen molar-refractivity contribution in [3.05, 3.63) is 5.82 Å². The summed E-state index contributed by atoms with van der Waals surface area (Å²) in [5, 5.41) is 4.29. The lowest BCUT2D eigenvalue weighted by atomic mass is 10.3. The second kappa shape index (κ2) is 11.2. The molecule has 1 fully saturated rings. The number of nitrogens with zero attached hydrogens (tertiary/aromatic N) is 5. The number of piperazine rings is 1. The van der Waals surface area contributed by atoms with Crippen LogP contribution in [0.3, 0.4) is 0 Å². The molecular weight excluding hydrogens is 487 g/mol. The van der Waals surface area contributed by atoms with Gasteiger partial charge in [0.05, 0.1) is 5.75 Å². The lowest BCUT2D eigenvalue weighted by Gasteiger charge is -2.36. The number of aryl methyl sites for hydroxylation is 1. The SMILES string of the molecule is CCNC(=NCCCS(C)(=O)=O)N1CCN(c2nc(CC)ns2)CC1.I. The number of hydrogen-bond donors (Lipinski definition) is 1. The summed E-state index contributed by atoms with van der Waals surface area (Å²) in [4.78, 5) is 13.6. The summed E-state index contributed by atoms with van der Waals surface area (Å²) in [7, 11) is -2.92. The van der Waals surface area contributed by atoms with Gasteiger partial charge in [0.2, 0.25) is 5.13 Å². The van der Waals surface area contributed by atoms with Crippen molar-refractivity contribution in [2.75, 3.05) is 56.2 Å². The Balaban J connectivity index is 0.00000338. The summed E-state index contributed by atoms with van der Waals surface area (Å²) in [6.07, 6.45) is 2.68. The molecule has 1 aromatic heterocycles. The molecule has 0 aromatic carbocycles. The predicted octanol–water partition coefficient (Wildman–Crippen LogP) is 1.24. The Hall–Kier alpha value is -0.690. The Morgan fingerprint density at radius 3 is 2.50 bits per heavy atom. The van der Waals surface area contributed by atoms with Gasteiger partial charge in [-0.2, -0.15) is 4.37 Å². The van der Waals surface area contributed by atoms with E-state index in [0.29, 0.717) is 13.0 Å². The molecule has 0 aliphatic carbocycles. The molecule has 0 amide bonds. The van der Waals surface area contributed by atoms with Crippen molar-refractivity contribution < 1.29 is 8.42 Å². The van der Waals surface area contributed by atoms with E-state index >= 15 is 0 Å². The zero-order valence-electron chi connectivity index (χ0n) is 15.6. The van der Waals surface area contributed by atoms with Gasteiger partial charge < -0.3 is 15.1 Å². The smallest absolute Gasteiger partial charge is 0.205 e. The first kappa shape index (κ1) is 23.3. The van der Waals surface area contributed by atoms with Crippen molar-refractivity contribution in [1.29, 1.82) is 0 Å². The summed E-state index contributed by atoms with van der Waals surface area (Å²) in [6.45, 7) is 8.89. The molecular formula is C15H29IN6O2S2. The molecule has 0 saturated carbocycles. The Morgan fingerprint density at radius 1 is 1.27 bits per heavy atom. The molecule has 1 aliphatic heterocycles. The molecule has 2 heterocycles. The van der Waals surface area contributed by atoms with Crippen molar-refractivity contribution in [2.24, 2.45) is 4.99 Å². The van der Waals surface area contributed by atoms with E-state index in [9.17, 15) is 8.42 Å². The number of anilines is 1. The zero-order chi connectivity index (χ0) is 18.3. The fraction of sp³-hybridized carbons (Fsp3) is 0.800. The van der Waals surface area contributed by atoms with Gasteiger partial charge >= 0.3 is 0 Å². The van der Waals surface area contributed by atoms with Crippen LogP contribution in [0.1, 0.15) is 26.1 Å². The molecule has 1 saturated heterocycles. The first-order valence-corrected chi connectivity index (χ1v) is 11.5. The quantitative estimate of drug-likeness (QED) is 0.253. The van der Waals surface area contributed by atoms with Crippen molar-refractivity contribution >= 4 is 56.4 Å². The van der Waals surface area contributed by atoms with Crippen LogP contribution in [-0.2, 0) is 16.3 Å². The molecule has 2 rings (SSSR count). The van der Waals surface area contributed by atoms with E-state index in [1.807, 2.05) is 6.92 Å². The van der Waals surface area contributed by atoms with Gasteiger partial charge in [-0.05, 0) is 13.3 Å². The van der Waals surface area contributed by atoms with Gasteiger partial charge in [-0.3, -0.25) is 4.99 Å². The van der Waals surface area contributed by atoms with E-state index in [4.69, 9.17) is 0 Å². The van der Waals surface area contributed by atoms with Crippen LogP contribution < -0.4 is 10.2 Å². The maximum atomic E-state index is 11.2. The van der Waals surface area contributed by atoms with Crippen LogP contribution in [-0.4, -0.2) is 79.9 Å². The van der Waals surface area contributed by atoms with Gasteiger partial charge in [0.1, 0.15) is 15.7 Å². The van der Waals surface area contributed by atoms with Crippen LogP contribution in [0.15, 0.2) is 4.99 Å². The number of aliphatic imine (C=N–C) groups is 1. The monoisotopic (exact) mass is 516 g/mol. The molecule has 11 heteroatoms. The summed E-state index contributed by atoms with van der Waals surface area (Å²) in [5.74, 6) is 1.95.